The topological polar surface area (TPSA) is 93.2 Å². The lowest BCUT2D eigenvalue weighted by atomic mass is 9.50. The van der Waals surface area contributed by atoms with E-state index >= 15 is 0 Å². The average molecular weight is 497 g/mol. The van der Waals surface area contributed by atoms with Gasteiger partial charge in [-0.05, 0) is 37.9 Å². The molecule has 2 amide bonds. The predicted octanol–water partition coefficient (Wildman–Crippen LogP) is 3.37. The minimum atomic E-state index is -0.543. The van der Waals surface area contributed by atoms with Crippen LogP contribution < -0.4 is 4.90 Å². The first-order chi connectivity index (χ1) is 17.3. The molecule has 2 aliphatic carbocycles. The fourth-order valence-electron chi connectivity index (χ4n) is 7.64. The first kappa shape index (κ1) is 25.1. The van der Waals surface area contributed by atoms with Crippen molar-refractivity contribution in [1.82, 2.24) is 4.90 Å². The van der Waals surface area contributed by atoms with E-state index in [1.165, 1.54) is 0 Å². The van der Waals surface area contributed by atoms with Gasteiger partial charge < -0.3 is 9.47 Å². The van der Waals surface area contributed by atoms with E-state index in [-0.39, 0.29) is 59.1 Å². The van der Waals surface area contributed by atoms with Crippen LogP contribution in [0.25, 0.3) is 0 Å². The van der Waals surface area contributed by atoms with E-state index in [9.17, 15) is 19.2 Å². The van der Waals surface area contributed by atoms with Gasteiger partial charge in [0.2, 0.25) is 11.8 Å². The largest absolute Gasteiger partial charge is 0.461 e. The van der Waals surface area contributed by atoms with E-state index in [0.29, 0.717) is 25.2 Å². The number of para-hydroxylation sites is 1. The summed E-state index contributed by atoms with van der Waals surface area (Å²) in [5, 5.41) is 0. The maximum Gasteiger partial charge on any atom is 0.340 e. The number of benzene rings is 1. The van der Waals surface area contributed by atoms with Crippen LogP contribution in [0.1, 0.15) is 69.2 Å². The maximum atomic E-state index is 13.4. The Balaban J connectivity index is 1.42. The quantitative estimate of drug-likeness (QED) is 0.440. The summed E-state index contributed by atoms with van der Waals surface area (Å²) in [6.45, 7) is 5.56. The minimum absolute atomic E-state index is 0.106. The Bertz CT molecular complexity index is 1090. The van der Waals surface area contributed by atoms with Crippen LogP contribution in [0.4, 0.5) is 5.69 Å². The number of fused-ring (bicyclic) bond motifs is 1. The van der Waals surface area contributed by atoms with Crippen LogP contribution in [0.15, 0.2) is 24.3 Å². The van der Waals surface area contributed by atoms with Gasteiger partial charge in [0.15, 0.2) is 0 Å². The van der Waals surface area contributed by atoms with Crippen LogP contribution in [0.3, 0.4) is 0 Å². The zero-order valence-electron chi connectivity index (χ0n) is 21.5. The number of methoxy groups -OCH3 is 1. The Morgan fingerprint density at radius 3 is 2.58 bits per heavy atom. The third-order valence-corrected chi connectivity index (χ3v) is 9.18. The van der Waals surface area contributed by atoms with E-state index in [2.05, 4.69) is 11.8 Å². The molecule has 0 radical (unpaired) electrons. The lowest BCUT2D eigenvalue weighted by Gasteiger charge is -2.65. The molecule has 4 fully saturated rings. The van der Waals surface area contributed by atoms with Crippen molar-refractivity contribution in [3.05, 3.63) is 29.8 Å². The molecule has 2 saturated carbocycles. The number of rotatable bonds is 6. The van der Waals surface area contributed by atoms with Crippen molar-refractivity contribution < 1.29 is 28.7 Å². The number of likely N-dealkylation sites (tertiary alicyclic amines) is 1. The molecule has 2 saturated heterocycles. The predicted molar refractivity (Wildman–Crippen MR) is 132 cm³/mol. The molecule has 2 bridgehead atoms. The van der Waals surface area contributed by atoms with Crippen LogP contribution in [0, 0.1) is 16.7 Å². The van der Waals surface area contributed by atoms with Crippen molar-refractivity contribution in [3.63, 3.8) is 0 Å². The Morgan fingerprint density at radius 1 is 1.11 bits per heavy atom. The summed E-state index contributed by atoms with van der Waals surface area (Å²) in [6, 6.07) is 6.82. The van der Waals surface area contributed by atoms with E-state index in [1.54, 1.807) is 38.3 Å². The molecule has 5 atom stereocenters. The van der Waals surface area contributed by atoms with Crippen molar-refractivity contribution in [2.45, 2.75) is 70.9 Å². The molecule has 8 heteroatoms. The first-order valence-electron chi connectivity index (χ1n) is 13.2. The van der Waals surface area contributed by atoms with E-state index in [0.717, 1.165) is 37.1 Å². The van der Waals surface area contributed by atoms with Gasteiger partial charge in [-0.1, -0.05) is 32.4 Å². The second-order valence-electron chi connectivity index (χ2n) is 11.2. The van der Waals surface area contributed by atoms with Gasteiger partial charge in [0, 0.05) is 55.7 Å². The highest BCUT2D eigenvalue weighted by Gasteiger charge is 2.64. The number of ketones is 1. The number of piperidine rings is 1. The molecule has 0 aromatic heterocycles. The van der Waals surface area contributed by atoms with Crippen molar-refractivity contribution >= 4 is 29.3 Å². The van der Waals surface area contributed by atoms with Gasteiger partial charge in [-0.25, -0.2) is 9.69 Å². The molecular formula is C28H36N2O6. The summed E-state index contributed by atoms with van der Waals surface area (Å²) < 4.78 is 12.2. The second-order valence-corrected chi connectivity index (χ2v) is 11.2. The fourth-order valence-corrected chi connectivity index (χ4v) is 7.64. The van der Waals surface area contributed by atoms with Crippen LogP contribution in [0.2, 0.25) is 0 Å². The van der Waals surface area contributed by atoms with E-state index in [1.807, 2.05) is 0 Å². The highest BCUT2D eigenvalue weighted by molar-refractivity contribution is 6.22. The number of Topliss-reactive ketones (excluding diaryl/α,β-unsaturated/α-hetero) is 1. The third kappa shape index (κ3) is 3.80. The number of ether oxygens (including phenoxy) is 2. The Morgan fingerprint density at radius 2 is 1.89 bits per heavy atom. The number of carbonyl (C=O) groups is 4. The van der Waals surface area contributed by atoms with Crippen LogP contribution in [0.5, 0.6) is 0 Å². The van der Waals surface area contributed by atoms with Crippen LogP contribution in [-0.4, -0.2) is 67.4 Å². The molecule has 2 unspecified atom stereocenters. The van der Waals surface area contributed by atoms with Gasteiger partial charge >= 0.3 is 5.97 Å². The number of carbonyl (C=O) groups excluding carboxylic acids is 4. The van der Waals surface area contributed by atoms with E-state index < -0.39 is 11.9 Å². The molecule has 1 aromatic rings. The fraction of sp³-hybridized carbons (Fsp3) is 0.643. The van der Waals surface area contributed by atoms with Gasteiger partial charge in [0.25, 0.3) is 0 Å². The molecule has 5 rings (SSSR count). The highest BCUT2D eigenvalue weighted by Crippen LogP contribution is 2.59. The second kappa shape index (κ2) is 9.38. The monoisotopic (exact) mass is 496 g/mol. The lowest BCUT2D eigenvalue weighted by molar-refractivity contribution is -0.226. The van der Waals surface area contributed by atoms with Gasteiger partial charge in [0.05, 0.1) is 17.4 Å². The normalized spacial score (nSPS) is 34.6. The molecular weight excluding hydrogens is 460 g/mol. The molecule has 2 heterocycles. The highest BCUT2D eigenvalue weighted by atomic mass is 16.5. The number of hydrogen-bond acceptors (Lipinski definition) is 7. The summed E-state index contributed by atoms with van der Waals surface area (Å²) in [6.07, 6.45) is 4.87. The number of hydrogen-bond donors (Lipinski definition) is 0. The zero-order chi connectivity index (χ0) is 25.7. The molecule has 1 aromatic carbocycles. The zero-order valence-corrected chi connectivity index (χ0v) is 21.5. The number of imide groups is 1. The molecule has 4 aliphatic rings. The van der Waals surface area contributed by atoms with Crippen molar-refractivity contribution in [2.24, 2.45) is 16.7 Å². The van der Waals surface area contributed by atoms with Crippen molar-refractivity contribution in [2.75, 3.05) is 31.7 Å². The minimum Gasteiger partial charge on any atom is -0.461 e. The summed E-state index contributed by atoms with van der Waals surface area (Å²) in [7, 11) is 1.74. The van der Waals surface area contributed by atoms with Gasteiger partial charge in [-0.3, -0.25) is 19.3 Å². The van der Waals surface area contributed by atoms with Crippen LogP contribution >= 0.6 is 0 Å². The van der Waals surface area contributed by atoms with Gasteiger partial charge in [-0.15, -0.1) is 0 Å². The standard InChI is InChI=1S/C28H36N2O6/c1-4-29-16-27(11-7-12-28(26(27)35-3)13-10-19(31)15-22(28)29)17-36-25(34)20-8-5-6-9-21(20)30-23(32)14-18(2)24(30)33/h5-6,8-9,18,22,26H,4,7,10-17H2,1-3H3/t18?,22?,26-,27+,28+/m1/s1. The first-order valence-corrected chi connectivity index (χ1v) is 13.2. The van der Waals surface area contributed by atoms with Crippen LogP contribution in [-0.2, 0) is 23.9 Å². The molecule has 36 heavy (non-hydrogen) atoms. The van der Waals surface area contributed by atoms with Gasteiger partial charge in [-0.2, -0.15) is 0 Å². The molecule has 194 valence electrons. The number of nitrogens with zero attached hydrogens (tertiary/aromatic N) is 2. The van der Waals surface area contributed by atoms with Crippen molar-refractivity contribution in [3.8, 4) is 0 Å². The van der Waals surface area contributed by atoms with E-state index in [4.69, 9.17) is 9.47 Å². The van der Waals surface area contributed by atoms with Crippen molar-refractivity contribution in [1.29, 1.82) is 0 Å². The summed E-state index contributed by atoms with van der Waals surface area (Å²) in [5.41, 5.74) is 0.00315. The number of esters is 1. The SMILES string of the molecule is CCN1C[C@]2(COC(=O)c3ccccc3N3C(=O)CC(C)C3=O)CCC[C@@]3(CCC(=O)CC13)[C@@H]2OC. The number of anilines is 1. The Labute approximate surface area is 212 Å². The third-order valence-electron chi connectivity index (χ3n) is 9.18. The molecule has 8 nitrogen and oxygen atoms in total. The molecule has 1 spiro atoms. The maximum absolute atomic E-state index is 13.4. The Kier molecular flexibility index (Phi) is 6.53. The Hall–Kier alpha value is -2.58. The molecule has 2 aliphatic heterocycles. The average Bonchev–Trinajstić information content (AvgIpc) is 3.13. The summed E-state index contributed by atoms with van der Waals surface area (Å²) >= 11 is 0. The number of amides is 2. The smallest absolute Gasteiger partial charge is 0.340 e. The lowest BCUT2D eigenvalue weighted by Crippen LogP contribution is -2.72. The van der Waals surface area contributed by atoms with Gasteiger partial charge in [0.1, 0.15) is 12.4 Å². The molecule has 0 N–H and O–H groups in total. The summed E-state index contributed by atoms with van der Waals surface area (Å²) in [5.74, 6) is -1.22. The summed E-state index contributed by atoms with van der Waals surface area (Å²) in [4.78, 5) is 54.5.